The molecule has 4 aliphatic carbocycles. The van der Waals surface area contributed by atoms with Gasteiger partial charge in [-0.3, -0.25) is 19.2 Å². The molecule has 0 N–H and O–H groups in total. The molecule has 0 aromatic rings. The highest BCUT2D eigenvalue weighted by Crippen LogP contribution is 2.63. The van der Waals surface area contributed by atoms with Crippen molar-refractivity contribution in [2.75, 3.05) is 13.2 Å². The predicted molar refractivity (Wildman–Crippen MR) is 81.5 cm³/mol. The van der Waals surface area contributed by atoms with E-state index >= 15 is 0 Å². The normalized spacial score (nSPS) is 37.2. The van der Waals surface area contributed by atoms with E-state index in [9.17, 15) is 19.2 Å². The van der Waals surface area contributed by atoms with Crippen LogP contribution < -0.4 is 0 Å². The zero-order valence-electron chi connectivity index (χ0n) is 13.9. The van der Waals surface area contributed by atoms with E-state index in [2.05, 4.69) is 0 Å². The van der Waals surface area contributed by atoms with Crippen LogP contribution in [0.1, 0.15) is 13.8 Å². The minimum atomic E-state index is -0.466. The molecule has 2 fully saturated rings. The third-order valence-electron chi connectivity index (χ3n) is 5.81. The number of carbonyl (C=O) groups excluding carboxylic acids is 4. The van der Waals surface area contributed by atoms with Gasteiger partial charge in [0.2, 0.25) is 0 Å². The minimum Gasteiger partial charge on any atom is -0.461 e. The van der Waals surface area contributed by atoms with Gasteiger partial charge in [0.05, 0.1) is 11.8 Å². The molecule has 0 aromatic heterocycles. The lowest BCUT2D eigenvalue weighted by molar-refractivity contribution is -0.154. The van der Waals surface area contributed by atoms with Gasteiger partial charge in [-0.2, -0.15) is 0 Å². The maximum Gasteiger partial charge on any atom is 0.318 e. The van der Waals surface area contributed by atoms with E-state index in [1.807, 2.05) is 12.2 Å². The molecular formula is C18H18O7. The SMILES string of the molecule is CC(=O)OCC1=C(COC(C)=O)[C@@H]2[C@H]3C=C[C@H]([C@@H]12)[C@H]1C(=O)OC(=O)[C@@H]31. The predicted octanol–water partition coefficient (Wildman–Crippen LogP) is 0.787. The molecule has 5 rings (SSSR count). The van der Waals surface area contributed by atoms with Crippen LogP contribution in [-0.2, 0) is 33.4 Å². The standard InChI is InChI=1S/C18H18O7/c1-7(19)23-5-11-12(6-24-8(2)20)14-10-4-3-9(13(11)14)15-16(10)18(22)25-17(15)21/h3-4,9-10,13-16H,5-6H2,1-2H3/t9-,10-,13+,14+,15-,16+/m1/s1. The summed E-state index contributed by atoms with van der Waals surface area (Å²) in [6.07, 6.45) is 3.95. The number of carbonyl (C=O) groups is 4. The molecule has 0 radical (unpaired) electrons. The number of allylic oxidation sites excluding steroid dienone is 2. The van der Waals surface area contributed by atoms with Crippen LogP contribution in [-0.4, -0.2) is 37.1 Å². The molecule has 2 bridgehead atoms. The van der Waals surface area contributed by atoms with Crippen molar-refractivity contribution in [1.29, 1.82) is 0 Å². The third-order valence-corrected chi connectivity index (χ3v) is 5.81. The number of esters is 4. The Bertz CT molecular complexity index is 687. The summed E-state index contributed by atoms with van der Waals surface area (Å²) in [6, 6.07) is 0. The topological polar surface area (TPSA) is 96.0 Å². The Morgan fingerprint density at radius 2 is 1.24 bits per heavy atom. The molecule has 0 spiro atoms. The van der Waals surface area contributed by atoms with Crippen LogP contribution in [0, 0.1) is 35.5 Å². The van der Waals surface area contributed by atoms with Crippen molar-refractivity contribution in [3.05, 3.63) is 23.3 Å². The lowest BCUT2D eigenvalue weighted by atomic mass is 9.45. The monoisotopic (exact) mass is 346 g/mol. The molecule has 132 valence electrons. The number of cyclic esters (lactones) is 2. The average molecular weight is 346 g/mol. The van der Waals surface area contributed by atoms with E-state index in [1.54, 1.807) is 0 Å². The summed E-state index contributed by atoms with van der Waals surface area (Å²) in [6.45, 7) is 2.89. The molecular weight excluding hydrogens is 328 g/mol. The van der Waals surface area contributed by atoms with Crippen LogP contribution in [0.2, 0.25) is 0 Å². The van der Waals surface area contributed by atoms with E-state index in [0.29, 0.717) is 0 Å². The first kappa shape index (κ1) is 16.1. The molecule has 0 unspecified atom stereocenters. The van der Waals surface area contributed by atoms with Gasteiger partial charge in [-0.05, 0) is 34.8 Å². The van der Waals surface area contributed by atoms with Crippen molar-refractivity contribution in [2.24, 2.45) is 35.5 Å². The fourth-order valence-corrected chi connectivity index (χ4v) is 4.95. The zero-order chi connectivity index (χ0) is 17.9. The Morgan fingerprint density at radius 3 is 1.60 bits per heavy atom. The van der Waals surface area contributed by atoms with Crippen LogP contribution in [0.15, 0.2) is 23.3 Å². The van der Waals surface area contributed by atoms with E-state index in [-0.39, 0.29) is 36.9 Å². The van der Waals surface area contributed by atoms with Gasteiger partial charge in [0.15, 0.2) is 0 Å². The Hall–Kier alpha value is -2.44. The Kier molecular flexibility index (Phi) is 3.56. The molecule has 1 aliphatic heterocycles. The number of hydrogen-bond donors (Lipinski definition) is 0. The molecule has 1 saturated carbocycles. The molecule has 25 heavy (non-hydrogen) atoms. The summed E-state index contributed by atoms with van der Waals surface area (Å²) in [5, 5.41) is 0. The maximum atomic E-state index is 12.1. The lowest BCUT2D eigenvalue weighted by Crippen LogP contribution is -2.56. The number of ether oxygens (including phenoxy) is 3. The van der Waals surface area contributed by atoms with Gasteiger partial charge in [0.1, 0.15) is 13.2 Å². The summed E-state index contributed by atoms with van der Waals surface area (Å²) >= 11 is 0. The molecule has 6 atom stereocenters. The quantitative estimate of drug-likeness (QED) is 0.321. The Labute approximate surface area is 144 Å². The van der Waals surface area contributed by atoms with Crippen molar-refractivity contribution in [3.8, 4) is 0 Å². The van der Waals surface area contributed by atoms with Crippen molar-refractivity contribution in [3.63, 3.8) is 0 Å². The molecule has 1 saturated heterocycles. The molecule has 0 amide bonds. The van der Waals surface area contributed by atoms with Gasteiger partial charge in [-0.1, -0.05) is 12.2 Å². The first-order valence-corrected chi connectivity index (χ1v) is 8.32. The van der Waals surface area contributed by atoms with Gasteiger partial charge in [-0.15, -0.1) is 0 Å². The zero-order valence-corrected chi connectivity index (χ0v) is 13.9. The van der Waals surface area contributed by atoms with Gasteiger partial charge >= 0.3 is 23.9 Å². The Balaban J connectivity index is 1.67. The highest BCUT2D eigenvalue weighted by molar-refractivity contribution is 5.98. The van der Waals surface area contributed by atoms with Gasteiger partial charge in [0, 0.05) is 13.8 Å². The largest absolute Gasteiger partial charge is 0.461 e. The van der Waals surface area contributed by atoms with Crippen molar-refractivity contribution in [1.82, 2.24) is 0 Å². The summed E-state index contributed by atoms with van der Waals surface area (Å²) in [5.74, 6) is -2.92. The average Bonchev–Trinajstić information content (AvgIpc) is 2.83. The van der Waals surface area contributed by atoms with Crippen LogP contribution in [0.5, 0.6) is 0 Å². The van der Waals surface area contributed by atoms with Crippen molar-refractivity contribution in [2.45, 2.75) is 13.8 Å². The number of hydrogen-bond acceptors (Lipinski definition) is 7. The fourth-order valence-electron chi connectivity index (χ4n) is 4.95. The van der Waals surface area contributed by atoms with E-state index in [1.165, 1.54) is 13.8 Å². The third kappa shape index (κ3) is 2.25. The van der Waals surface area contributed by atoms with E-state index < -0.39 is 35.7 Å². The first-order valence-electron chi connectivity index (χ1n) is 8.32. The molecule has 7 nitrogen and oxygen atoms in total. The smallest absolute Gasteiger partial charge is 0.318 e. The van der Waals surface area contributed by atoms with Crippen LogP contribution in [0.25, 0.3) is 0 Å². The maximum absolute atomic E-state index is 12.1. The van der Waals surface area contributed by atoms with Crippen LogP contribution >= 0.6 is 0 Å². The summed E-state index contributed by atoms with van der Waals surface area (Å²) in [7, 11) is 0. The lowest BCUT2D eigenvalue weighted by Gasteiger charge is -2.56. The summed E-state index contributed by atoms with van der Waals surface area (Å²) in [5.41, 5.74) is 1.79. The fraction of sp³-hybridized carbons (Fsp3) is 0.556. The van der Waals surface area contributed by atoms with Crippen molar-refractivity contribution >= 4 is 23.9 Å². The first-order chi connectivity index (χ1) is 11.9. The van der Waals surface area contributed by atoms with Gasteiger partial charge in [-0.25, -0.2) is 0 Å². The minimum absolute atomic E-state index is 0.0135. The van der Waals surface area contributed by atoms with Gasteiger partial charge < -0.3 is 14.2 Å². The van der Waals surface area contributed by atoms with Crippen LogP contribution in [0.3, 0.4) is 0 Å². The highest BCUT2D eigenvalue weighted by Gasteiger charge is 2.65. The summed E-state index contributed by atoms with van der Waals surface area (Å²) in [4.78, 5) is 46.6. The Morgan fingerprint density at radius 1 is 0.840 bits per heavy atom. The second kappa shape index (κ2) is 5.54. The molecule has 0 aromatic carbocycles. The molecule has 5 aliphatic rings. The molecule has 1 heterocycles. The van der Waals surface area contributed by atoms with E-state index in [4.69, 9.17) is 14.2 Å². The highest BCUT2D eigenvalue weighted by atomic mass is 16.6. The second-order valence-electron chi connectivity index (χ2n) is 6.99. The van der Waals surface area contributed by atoms with Crippen molar-refractivity contribution < 1.29 is 33.4 Å². The van der Waals surface area contributed by atoms with Crippen LogP contribution in [0.4, 0.5) is 0 Å². The second-order valence-corrected chi connectivity index (χ2v) is 6.99. The van der Waals surface area contributed by atoms with Gasteiger partial charge in [0.25, 0.3) is 0 Å². The summed E-state index contributed by atoms with van der Waals surface area (Å²) < 4.78 is 15.2. The van der Waals surface area contributed by atoms with E-state index in [0.717, 1.165) is 11.1 Å². The molecule has 7 heteroatoms. The number of rotatable bonds is 4.